The summed E-state index contributed by atoms with van der Waals surface area (Å²) in [4.78, 5) is 0. The van der Waals surface area contributed by atoms with Crippen molar-refractivity contribution in [3.63, 3.8) is 0 Å². The maximum absolute atomic E-state index is 8.75. The lowest BCUT2D eigenvalue weighted by atomic mass is 10.4. The summed E-state index contributed by atoms with van der Waals surface area (Å²) in [6.45, 7) is 3.20. The molecule has 1 aliphatic rings. The zero-order valence-corrected chi connectivity index (χ0v) is 4.32. The van der Waals surface area contributed by atoms with Gasteiger partial charge in [0.1, 0.15) is 0 Å². The lowest BCUT2D eigenvalue weighted by Gasteiger charge is -1.94. The van der Waals surface area contributed by atoms with Crippen molar-refractivity contribution in [3.05, 3.63) is 12.2 Å². The highest BCUT2D eigenvalue weighted by molar-refractivity contribution is 4.99. The molecule has 0 aromatic carbocycles. The maximum Gasteiger partial charge on any atom is 0.269 e. The smallest absolute Gasteiger partial charge is 0.269 e. The topological polar surface area (TPSA) is 12.0 Å². The van der Waals surface area contributed by atoms with Crippen LogP contribution in [0.1, 0.15) is 14.4 Å². The van der Waals surface area contributed by atoms with Gasteiger partial charge in [-0.3, -0.25) is 4.72 Å². The largest absolute Gasteiger partial charge is 0.307 e. The Labute approximate surface area is 51.7 Å². The van der Waals surface area contributed by atoms with Crippen molar-refractivity contribution in [2.24, 2.45) is 0 Å². The Kier molecular flexibility index (Phi) is 4.56. The molecule has 0 amide bonds. The molecule has 0 unspecified atom stereocenters. The van der Waals surface area contributed by atoms with Gasteiger partial charge in [-0.2, -0.15) is 0 Å². The van der Waals surface area contributed by atoms with Crippen molar-refractivity contribution >= 4 is 0 Å². The third-order valence-corrected chi connectivity index (χ3v) is 0.982. The minimum Gasteiger partial charge on any atom is -0.307 e. The van der Waals surface area contributed by atoms with Crippen molar-refractivity contribution in [2.45, 2.75) is 20.4 Å². The lowest BCUT2D eigenvalue weighted by Crippen LogP contribution is -2.17. The van der Waals surface area contributed by atoms with Crippen LogP contribution in [-0.2, 0) is 0 Å². The van der Waals surface area contributed by atoms with E-state index in [0.29, 0.717) is 6.04 Å². The molecule has 0 aromatic rings. The second-order valence-corrected chi connectivity index (χ2v) is 1.63. The predicted molar refractivity (Wildman–Crippen MR) is 35.8 cm³/mol. The zero-order valence-electron chi connectivity index (χ0n) is 5.32. The van der Waals surface area contributed by atoms with E-state index in [1.807, 2.05) is 0 Å². The van der Waals surface area contributed by atoms with E-state index in [1.165, 1.54) is 0 Å². The SMILES string of the molecule is C.C[C@@H]1C=CCN1.[3H]F. The van der Waals surface area contributed by atoms with Gasteiger partial charge in [0, 0.05) is 12.6 Å². The van der Waals surface area contributed by atoms with Crippen LogP contribution in [0.2, 0.25) is 0 Å². The second-order valence-electron chi connectivity index (χ2n) is 1.63. The van der Waals surface area contributed by atoms with Gasteiger partial charge >= 0.3 is 0 Å². The number of rotatable bonds is 0. The van der Waals surface area contributed by atoms with Crippen molar-refractivity contribution in [1.29, 1.82) is 1.45 Å². The molecule has 50 valence electrons. The third kappa shape index (κ3) is 2.75. The van der Waals surface area contributed by atoms with Crippen LogP contribution in [0.3, 0.4) is 0 Å². The number of hydrogen-bond donors (Lipinski definition) is 1. The summed E-state index contributed by atoms with van der Waals surface area (Å²) in [5.74, 6) is 0. The fourth-order valence-corrected chi connectivity index (χ4v) is 0.594. The van der Waals surface area contributed by atoms with Crippen molar-refractivity contribution in [3.8, 4) is 0 Å². The number of nitrogens with one attached hydrogen (secondary N) is 1. The third-order valence-electron chi connectivity index (χ3n) is 0.982. The van der Waals surface area contributed by atoms with Gasteiger partial charge in [0.2, 0.25) is 0 Å². The van der Waals surface area contributed by atoms with Crippen molar-refractivity contribution in [1.82, 2.24) is 5.32 Å². The summed E-state index contributed by atoms with van der Waals surface area (Å²) in [6.07, 6.45) is 4.31. The van der Waals surface area contributed by atoms with Gasteiger partial charge in [0.25, 0.3) is 1.45 Å². The van der Waals surface area contributed by atoms with Gasteiger partial charge < -0.3 is 5.32 Å². The molecule has 1 atom stereocenters. The first-order valence-corrected chi connectivity index (χ1v) is 2.29. The van der Waals surface area contributed by atoms with Crippen LogP contribution >= 0.6 is 0 Å². The van der Waals surface area contributed by atoms with Crippen molar-refractivity contribution in [2.75, 3.05) is 6.54 Å². The van der Waals surface area contributed by atoms with E-state index < -0.39 is 0 Å². The average Bonchev–Trinajstić information content (AvgIpc) is 2.24. The lowest BCUT2D eigenvalue weighted by molar-refractivity contribution is 0.726. The van der Waals surface area contributed by atoms with E-state index in [1.54, 1.807) is 0 Å². The Morgan fingerprint density at radius 3 is 2.62 bits per heavy atom. The standard InChI is InChI=1S/C5H9N.CH4.FH/c1-5-3-2-4-6-5;;/h2-3,5-6H,4H2,1H3;1H4;1H/t5-;;/m1../s1/i/hT. The summed E-state index contributed by atoms with van der Waals surface area (Å²) in [6, 6.07) is 0.616. The van der Waals surface area contributed by atoms with Crippen LogP contribution in [0.5, 0.6) is 0 Å². The summed E-state index contributed by atoms with van der Waals surface area (Å²) in [5, 5.41) is 3.21. The monoisotopic (exact) mass is 121 g/mol. The Hall–Kier alpha value is -0.370. The van der Waals surface area contributed by atoms with E-state index in [4.69, 9.17) is 4.72 Å². The van der Waals surface area contributed by atoms with Gasteiger partial charge in [-0.15, -0.1) is 0 Å². The summed E-state index contributed by atoms with van der Waals surface area (Å²) in [7, 11) is 0. The van der Waals surface area contributed by atoms with Crippen LogP contribution < -0.4 is 5.32 Å². The van der Waals surface area contributed by atoms with Crippen molar-refractivity contribution < 1.29 is 4.72 Å². The van der Waals surface area contributed by atoms with Crippen LogP contribution in [-0.4, -0.2) is 14.0 Å². The highest BCUT2D eigenvalue weighted by Gasteiger charge is 1.96. The van der Waals surface area contributed by atoms with Crippen LogP contribution in [0.4, 0.5) is 4.72 Å². The molecule has 0 aromatic heterocycles. The molecule has 1 nitrogen and oxygen atoms in total. The van der Waals surface area contributed by atoms with Gasteiger partial charge in [-0.1, -0.05) is 19.6 Å². The number of halogens is 1. The zero-order chi connectivity index (χ0) is 6.41. The van der Waals surface area contributed by atoms with Gasteiger partial charge in [-0.25, -0.2) is 0 Å². The van der Waals surface area contributed by atoms with E-state index in [2.05, 4.69) is 25.8 Å². The molecule has 0 fully saturated rings. The maximum atomic E-state index is 8.75. The first-order chi connectivity index (χ1) is 3.89. The molecule has 2 heteroatoms. The van der Waals surface area contributed by atoms with Crippen LogP contribution in [0.25, 0.3) is 0 Å². The van der Waals surface area contributed by atoms with Crippen LogP contribution in [0.15, 0.2) is 12.2 Å². The molecule has 8 heavy (non-hydrogen) atoms. The minimum atomic E-state index is 0. The van der Waals surface area contributed by atoms with Gasteiger partial charge in [0.15, 0.2) is 0 Å². The van der Waals surface area contributed by atoms with E-state index in [0.717, 1.165) is 6.54 Å². The Balaban J connectivity index is 0. The molecule has 0 spiro atoms. The fourth-order valence-electron chi connectivity index (χ4n) is 0.594. The fraction of sp³-hybridized carbons (Fsp3) is 0.667. The summed E-state index contributed by atoms with van der Waals surface area (Å²) >= 11 is 0. The van der Waals surface area contributed by atoms with Crippen LogP contribution in [0, 0.1) is 0 Å². The Morgan fingerprint density at radius 1 is 1.88 bits per heavy atom. The quantitative estimate of drug-likeness (QED) is 0.477. The summed E-state index contributed by atoms with van der Waals surface area (Å²) < 4.78 is 13.0. The molecule has 0 aliphatic carbocycles. The molecule has 1 aliphatic heterocycles. The minimum absolute atomic E-state index is 0. The van der Waals surface area contributed by atoms with Gasteiger partial charge in [0.05, 0.1) is 0 Å². The molecule has 1 heterocycles. The number of hydrogen-bond acceptors (Lipinski definition) is 1. The Morgan fingerprint density at radius 2 is 2.50 bits per heavy atom. The van der Waals surface area contributed by atoms with E-state index >= 15 is 0 Å². The molecular formula is C6H14FN. The highest BCUT2D eigenvalue weighted by Crippen LogP contribution is 1.89. The molecule has 1 N–H and O–H groups in total. The molecule has 0 saturated heterocycles. The first kappa shape index (κ1) is 7.63. The predicted octanol–water partition coefficient (Wildman–Crippen LogP) is 1.32. The summed E-state index contributed by atoms with van der Waals surface area (Å²) in [5.41, 5.74) is 0. The molecule has 0 radical (unpaired) electrons. The second kappa shape index (κ2) is 4.78. The Bertz CT molecular complexity index is 75.5. The van der Waals surface area contributed by atoms with E-state index in [9.17, 15) is 0 Å². The first-order valence-electron chi connectivity index (χ1n) is 2.67. The van der Waals surface area contributed by atoms with Gasteiger partial charge in [-0.05, 0) is 6.92 Å². The highest BCUT2D eigenvalue weighted by atomic mass is 19.0. The molecule has 0 saturated carbocycles. The average molecular weight is 121 g/mol. The normalized spacial score (nSPS) is 24.8. The molecular weight excluding hydrogens is 105 g/mol. The molecule has 1 rings (SSSR count). The van der Waals surface area contributed by atoms with E-state index in [-0.39, 0.29) is 7.43 Å². The molecule has 0 bridgehead atoms.